The van der Waals surface area contributed by atoms with Crippen molar-refractivity contribution in [3.63, 3.8) is 0 Å². The molecule has 0 aromatic heterocycles. The second-order valence-corrected chi connectivity index (χ2v) is 3.89. The van der Waals surface area contributed by atoms with E-state index < -0.39 is 23.3 Å². The third-order valence-corrected chi connectivity index (χ3v) is 2.69. The Morgan fingerprint density at radius 2 is 1.00 bits per heavy atom. The highest BCUT2D eigenvalue weighted by Gasteiger charge is 2.09. The van der Waals surface area contributed by atoms with Gasteiger partial charge in [0.2, 0.25) is 0 Å². The minimum absolute atomic E-state index is 0.292. The van der Waals surface area contributed by atoms with Gasteiger partial charge in [-0.1, -0.05) is 0 Å². The lowest BCUT2D eigenvalue weighted by Gasteiger charge is -2.03. The Bertz CT molecular complexity index is 649. The van der Waals surface area contributed by atoms with Gasteiger partial charge in [0.25, 0.3) is 0 Å². The molecule has 0 fully saturated rings. The second kappa shape index (κ2) is 3.70. The van der Waals surface area contributed by atoms with E-state index in [1.54, 1.807) is 0 Å². The normalized spacial score (nSPS) is 11.3. The fourth-order valence-corrected chi connectivity index (χ4v) is 1.84. The predicted molar refractivity (Wildman–Crippen MR) is 59.0 cm³/mol. The first-order valence-corrected chi connectivity index (χ1v) is 5.07. The van der Waals surface area contributed by atoms with E-state index in [0.717, 1.165) is 12.1 Å². The second-order valence-electron chi connectivity index (χ2n) is 3.89. The van der Waals surface area contributed by atoms with Crippen molar-refractivity contribution in [2.24, 2.45) is 0 Å². The molecule has 0 bridgehead atoms. The smallest absolute Gasteiger partial charge is 0.167 e. The van der Waals surface area contributed by atoms with Crippen LogP contribution >= 0.6 is 0 Å². The lowest BCUT2D eigenvalue weighted by atomic mass is 10.0. The molecule has 0 aliphatic heterocycles. The summed E-state index contributed by atoms with van der Waals surface area (Å²) in [7, 11) is 0. The molecule has 0 aliphatic rings. The summed E-state index contributed by atoms with van der Waals surface area (Å²) in [6.45, 7) is 0. The van der Waals surface area contributed by atoms with Gasteiger partial charge in [-0.25, -0.2) is 17.6 Å². The summed E-state index contributed by atoms with van der Waals surface area (Å²) in [6.07, 6.45) is 0. The van der Waals surface area contributed by atoms with Crippen molar-refractivity contribution < 1.29 is 17.6 Å². The molecule has 4 heteroatoms. The van der Waals surface area contributed by atoms with Crippen LogP contribution in [0.1, 0.15) is 0 Å². The number of halogens is 4. The molecule has 0 aliphatic carbocycles. The van der Waals surface area contributed by atoms with E-state index in [0.29, 0.717) is 21.5 Å². The maximum Gasteiger partial charge on any atom is 0.167 e. The Hall–Kier alpha value is -2.10. The molecule has 88 valence electrons. The molecule has 18 heavy (non-hydrogen) atoms. The van der Waals surface area contributed by atoms with E-state index in [1.165, 1.54) is 12.1 Å². The molecule has 0 atom stereocenters. The van der Waals surface area contributed by atoms with Gasteiger partial charge in [0, 0.05) is 12.1 Å². The molecule has 0 amide bonds. The molecule has 3 aromatic carbocycles. The van der Waals surface area contributed by atoms with Crippen LogP contribution < -0.4 is 0 Å². The van der Waals surface area contributed by atoms with E-state index >= 15 is 0 Å². The summed E-state index contributed by atoms with van der Waals surface area (Å²) >= 11 is 0. The Morgan fingerprint density at radius 3 is 1.39 bits per heavy atom. The molecule has 0 nitrogen and oxygen atoms in total. The van der Waals surface area contributed by atoms with Gasteiger partial charge in [0.05, 0.1) is 0 Å². The van der Waals surface area contributed by atoms with E-state index in [-0.39, 0.29) is 0 Å². The van der Waals surface area contributed by atoms with Crippen molar-refractivity contribution >= 4 is 21.5 Å². The molecule has 0 saturated heterocycles. The van der Waals surface area contributed by atoms with Crippen LogP contribution in [0.3, 0.4) is 0 Å². The quantitative estimate of drug-likeness (QED) is 0.414. The average Bonchev–Trinajstić information content (AvgIpc) is 2.31. The lowest BCUT2D eigenvalue weighted by Crippen LogP contribution is -1.88. The molecule has 0 saturated carbocycles. The summed E-state index contributed by atoms with van der Waals surface area (Å²) in [5.74, 6) is -4.28. The molecule has 0 heterocycles. The van der Waals surface area contributed by atoms with Crippen LogP contribution in [-0.4, -0.2) is 0 Å². The summed E-state index contributed by atoms with van der Waals surface area (Å²) < 4.78 is 52.1. The molecular weight excluding hydrogens is 244 g/mol. The van der Waals surface area contributed by atoms with E-state index in [9.17, 15) is 17.6 Å². The van der Waals surface area contributed by atoms with Gasteiger partial charge in [-0.05, 0) is 45.8 Å². The van der Waals surface area contributed by atoms with Crippen molar-refractivity contribution in [1.82, 2.24) is 0 Å². The Labute approximate surface area is 99.5 Å². The maximum absolute atomic E-state index is 13.0. The first kappa shape index (κ1) is 11.0. The van der Waals surface area contributed by atoms with E-state index in [2.05, 4.69) is 12.1 Å². The van der Waals surface area contributed by atoms with Gasteiger partial charge in [-0.15, -0.1) is 0 Å². The van der Waals surface area contributed by atoms with Crippen LogP contribution in [0.2, 0.25) is 0 Å². The average molecular weight is 248 g/mol. The summed E-state index contributed by atoms with van der Waals surface area (Å²) in [5, 5.41) is 1.29. The molecule has 2 radical (unpaired) electrons. The van der Waals surface area contributed by atoms with Gasteiger partial charge in [-0.2, -0.15) is 0 Å². The monoisotopic (exact) mass is 248 g/mol. The SMILES string of the molecule is Fc1[c]c2cc3cc(F)c(F)[c]c3cc2cc1F. The fraction of sp³-hybridized carbons (Fsp3) is 0. The first-order valence-electron chi connectivity index (χ1n) is 5.07. The Kier molecular flexibility index (Phi) is 2.26. The van der Waals surface area contributed by atoms with E-state index in [1.807, 2.05) is 0 Å². The molecule has 0 unspecified atom stereocenters. The molecular formula is C14H4F4. The fourth-order valence-electron chi connectivity index (χ4n) is 1.84. The largest absolute Gasteiger partial charge is 0.204 e. The zero-order chi connectivity index (χ0) is 12.9. The summed E-state index contributed by atoms with van der Waals surface area (Å²) in [6, 6.07) is 9.21. The Balaban J connectivity index is 2.43. The maximum atomic E-state index is 13.0. The minimum atomic E-state index is -1.10. The van der Waals surface area contributed by atoms with Gasteiger partial charge < -0.3 is 0 Å². The number of benzene rings is 3. The van der Waals surface area contributed by atoms with Crippen molar-refractivity contribution in [2.75, 3.05) is 0 Å². The number of hydrogen-bond acceptors (Lipinski definition) is 0. The highest BCUT2D eigenvalue weighted by molar-refractivity contribution is 5.97. The summed E-state index contributed by atoms with van der Waals surface area (Å²) in [5.41, 5.74) is 0. The van der Waals surface area contributed by atoms with Crippen LogP contribution in [-0.2, 0) is 0 Å². The molecule has 0 N–H and O–H groups in total. The zero-order valence-electron chi connectivity index (χ0n) is 8.82. The first-order chi connectivity index (χ1) is 8.54. The van der Waals surface area contributed by atoms with Crippen molar-refractivity contribution in [2.45, 2.75) is 0 Å². The number of fused-ring (bicyclic) bond motifs is 2. The Morgan fingerprint density at radius 1 is 0.611 bits per heavy atom. The number of rotatable bonds is 0. The van der Waals surface area contributed by atoms with Crippen LogP contribution in [0.5, 0.6) is 0 Å². The van der Waals surface area contributed by atoms with Crippen molar-refractivity contribution in [3.05, 3.63) is 59.7 Å². The highest BCUT2D eigenvalue weighted by Crippen LogP contribution is 2.25. The molecule has 3 aromatic rings. The zero-order valence-corrected chi connectivity index (χ0v) is 8.82. The van der Waals surface area contributed by atoms with Crippen molar-refractivity contribution in [1.29, 1.82) is 0 Å². The third kappa shape index (κ3) is 1.61. The molecule has 0 spiro atoms. The van der Waals surface area contributed by atoms with Crippen LogP contribution in [0, 0.1) is 35.4 Å². The minimum Gasteiger partial charge on any atom is -0.204 e. The van der Waals surface area contributed by atoms with Crippen LogP contribution in [0.4, 0.5) is 17.6 Å². The van der Waals surface area contributed by atoms with Gasteiger partial charge >= 0.3 is 0 Å². The third-order valence-electron chi connectivity index (χ3n) is 2.69. The van der Waals surface area contributed by atoms with Gasteiger partial charge in [0.1, 0.15) is 0 Å². The number of hydrogen-bond donors (Lipinski definition) is 0. The van der Waals surface area contributed by atoms with Gasteiger partial charge in [-0.3, -0.25) is 0 Å². The van der Waals surface area contributed by atoms with Gasteiger partial charge in [0.15, 0.2) is 23.3 Å². The van der Waals surface area contributed by atoms with Crippen LogP contribution in [0.15, 0.2) is 24.3 Å². The standard InChI is InChI=1S/C14H4F4/c15-11-3-7-1-8-4-12(16)14(18)6-10(8)2-9(7)5-13(11)17/h1-3,6H. The lowest BCUT2D eigenvalue weighted by molar-refractivity contribution is 0.509. The van der Waals surface area contributed by atoms with E-state index in [4.69, 9.17) is 0 Å². The highest BCUT2D eigenvalue weighted by atomic mass is 19.2. The van der Waals surface area contributed by atoms with Crippen LogP contribution in [0.25, 0.3) is 21.5 Å². The predicted octanol–water partition coefficient (Wildman–Crippen LogP) is 4.15. The summed E-state index contributed by atoms with van der Waals surface area (Å²) in [4.78, 5) is 0. The molecule has 3 rings (SSSR count). The topological polar surface area (TPSA) is 0 Å². The van der Waals surface area contributed by atoms with Crippen molar-refractivity contribution in [3.8, 4) is 0 Å².